The van der Waals surface area contributed by atoms with Gasteiger partial charge in [-0.2, -0.15) is 12.8 Å². The zero-order valence-electron chi connectivity index (χ0n) is 16.6. The molecule has 0 heterocycles. The Morgan fingerprint density at radius 2 is 1.04 bits per heavy atom. The maximum absolute atomic E-state index is 3.45. The van der Waals surface area contributed by atoms with Gasteiger partial charge in [-0.1, -0.05) is 104 Å². The molecule has 0 atom stereocenters. The molecule has 0 bridgehead atoms. The van der Waals surface area contributed by atoms with Gasteiger partial charge in [0, 0.05) is 0 Å². The van der Waals surface area contributed by atoms with Crippen LogP contribution in [0.5, 0.6) is 0 Å². The van der Waals surface area contributed by atoms with E-state index in [0.29, 0.717) is 0 Å². The smallest absolute Gasteiger partial charge is 1.00 e. The van der Waals surface area contributed by atoms with Crippen molar-refractivity contribution in [3.05, 3.63) is 23.3 Å². The van der Waals surface area contributed by atoms with Crippen LogP contribution in [0.2, 0.25) is 0 Å². The molecule has 0 saturated carbocycles. The summed E-state index contributed by atoms with van der Waals surface area (Å²) >= 11 is 0. The standard InChI is InChI=1S/2C11H19.2ClH.Zr/c2*1-2-3-4-5-8-11-9-6-7-10-11;;;/h2*2-9H2,1H3;2*1H;/q2*-1;;;+4/p-2. The molecule has 0 radical (unpaired) electrons. The molecule has 0 aromatic rings. The Balaban J connectivity index is -0.000000346. The van der Waals surface area contributed by atoms with Crippen molar-refractivity contribution in [2.75, 3.05) is 0 Å². The monoisotopic (exact) mass is 462 g/mol. The molecule has 0 amide bonds. The van der Waals surface area contributed by atoms with Crippen LogP contribution in [-0.4, -0.2) is 0 Å². The van der Waals surface area contributed by atoms with Gasteiger partial charge < -0.3 is 37.0 Å². The molecule has 0 unspecified atom stereocenters. The summed E-state index contributed by atoms with van der Waals surface area (Å²) in [5.74, 6) is 0. The Kier molecular flexibility index (Phi) is 28.2. The van der Waals surface area contributed by atoms with Crippen molar-refractivity contribution in [3.8, 4) is 0 Å². The zero-order valence-corrected chi connectivity index (χ0v) is 20.5. The average molecular weight is 465 g/mol. The van der Waals surface area contributed by atoms with Crippen LogP contribution in [0.1, 0.15) is 117 Å². The van der Waals surface area contributed by atoms with Gasteiger partial charge in [0.25, 0.3) is 0 Å². The molecule has 0 aromatic carbocycles. The van der Waals surface area contributed by atoms with Crippen LogP contribution in [0.4, 0.5) is 0 Å². The molecule has 0 aromatic heterocycles. The molecule has 0 nitrogen and oxygen atoms in total. The van der Waals surface area contributed by atoms with E-state index in [2.05, 4.69) is 26.0 Å². The summed E-state index contributed by atoms with van der Waals surface area (Å²) in [5.41, 5.74) is 3.22. The van der Waals surface area contributed by atoms with E-state index in [1.165, 1.54) is 103 Å². The molecule has 2 aliphatic carbocycles. The molecule has 25 heavy (non-hydrogen) atoms. The minimum absolute atomic E-state index is 0. The molecule has 0 spiro atoms. The molecule has 2 aliphatic rings. The van der Waals surface area contributed by atoms with Crippen LogP contribution in [0.25, 0.3) is 0 Å². The summed E-state index contributed by atoms with van der Waals surface area (Å²) in [7, 11) is 0. The Bertz CT molecular complexity index is 292. The van der Waals surface area contributed by atoms with Gasteiger partial charge in [0.05, 0.1) is 0 Å². The van der Waals surface area contributed by atoms with E-state index in [1.54, 1.807) is 11.1 Å². The van der Waals surface area contributed by atoms with Gasteiger partial charge >= 0.3 is 26.2 Å². The molecule has 2 rings (SSSR count). The fraction of sp³-hybridized carbons (Fsp3) is 0.818. The number of unbranched alkanes of at least 4 members (excludes halogenated alkanes) is 6. The van der Waals surface area contributed by atoms with Gasteiger partial charge in [-0.05, 0) is 0 Å². The molecule has 3 heteroatoms. The van der Waals surface area contributed by atoms with Gasteiger partial charge in [0.1, 0.15) is 0 Å². The van der Waals surface area contributed by atoms with Crippen molar-refractivity contribution in [3.63, 3.8) is 0 Å². The summed E-state index contributed by atoms with van der Waals surface area (Å²) in [5, 5.41) is 0. The van der Waals surface area contributed by atoms with E-state index < -0.39 is 0 Å². The third-order valence-corrected chi connectivity index (χ3v) is 4.72. The molecule has 0 N–H and O–H groups in total. The van der Waals surface area contributed by atoms with Crippen molar-refractivity contribution in [1.82, 2.24) is 0 Å². The second kappa shape index (κ2) is 23.0. The summed E-state index contributed by atoms with van der Waals surface area (Å²) in [6.07, 6.45) is 28.6. The van der Waals surface area contributed by atoms with Crippen LogP contribution in [-0.2, 0) is 26.2 Å². The number of hydrogen-bond acceptors (Lipinski definition) is 0. The van der Waals surface area contributed by atoms with E-state index in [4.69, 9.17) is 0 Å². The van der Waals surface area contributed by atoms with Crippen LogP contribution in [0.15, 0.2) is 11.1 Å². The van der Waals surface area contributed by atoms with Gasteiger partial charge in [-0.25, -0.2) is 0 Å². The Labute approximate surface area is 190 Å². The minimum atomic E-state index is 0. The Hall–Kier alpha value is 0.943. The summed E-state index contributed by atoms with van der Waals surface area (Å²) in [6.45, 7) is 4.53. The topological polar surface area (TPSA) is 0 Å². The first kappa shape index (κ1) is 30.7. The van der Waals surface area contributed by atoms with Crippen LogP contribution in [0, 0.1) is 12.2 Å². The van der Waals surface area contributed by atoms with Crippen molar-refractivity contribution in [2.45, 2.75) is 117 Å². The van der Waals surface area contributed by atoms with E-state index in [0.717, 1.165) is 0 Å². The normalized spacial score (nSPS) is 15.0. The molecule has 144 valence electrons. The van der Waals surface area contributed by atoms with Crippen molar-refractivity contribution < 1.29 is 51.0 Å². The maximum atomic E-state index is 3.45. The Morgan fingerprint density at radius 3 is 1.32 bits per heavy atom. The maximum Gasteiger partial charge on any atom is 4.00 e. The van der Waals surface area contributed by atoms with Crippen molar-refractivity contribution in [1.29, 1.82) is 0 Å². The second-order valence-electron chi connectivity index (χ2n) is 6.89. The van der Waals surface area contributed by atoms with E-state index in [9.17, 15) is 0 Å². The molecule has 0 saturated heterocycles. The van der Waals surface area contributed by atoms with Crippen molar-refractivity contribution >= 4 is 0 Å². The van der Waals surface area contributed by atoms with Gasteiger partial charge in [0.2, 0.25) is 0 Å². The molecular weight excluding hydrogens is 426 g/mol. The van der Waals surface area contributed by atoms with Crippen LogP contribution in [0.3, 0.4) is 0 Å². The first-order valence-electron chi connectivity index (χ1n) is 10.0. The Morgan fingerprint density at radius 1 is 0.640 bits per heavy atom. The number of hydrogen-bond donors (Lipinski definition) is 0. The SMILES string of the molecule is CCCCCCC1=[C-]CCC1.CCCCCCC1=[C-]CCC1.[Cl-].[Cl-].[Zr+4]. The summed E-state index contributed by atoms with van der Waals surface area (Å²) < 4.78 is 0. The number of rotatable bonds is 10. The van der Waals surface area contributed by atoms with Crippen LogP contribution >= 0.6 is 0 Å². The van der Waals surface area contributed by atoms with Gasteiger partial charge in [-0.15, -0.1) is 0 Å². The predicted molar refractivity (Wildman–Crippen MR) is 98.7 cm³/mol. The van der Waals surface area contributed by atoms with Crippen LogP contribution < -0.4 is 24.8 Å². The van der Waals surface area contributed by atoms with E-state index in [-0.39, 0.29) is 51.0 Å². The van der Waals surface area contributed by atoms with E-state index >= 15 is 0 Å². The minimum Gasteiger partial charge on any atom is -1.00 e. The third kappa shape index (κ3) is 18.1. The summed E-state index contributed by atoms with van der Waals surface area (Å²) in [6, 6.07) is 0. The summed E-state index contributed by atoms with van der Waals surface area (Å²) in [4.78, 5) is 0. The molecule has 0 aliphatic heterocycles. The largest absolute Gasteiger partial charge is 4.00 e. The molecular formula is C22H38Cl2Zr. The number of halogens is 2. The quantitative estimate of drug-likeness (QED) is 0.341. The van der Waals surface area contributed by atoms with Gasteiger partial charge in [0.15, 0.2) is 0 Å². The fourth-order valence-corrected chi connectivity index (χ4v) is 3.27. The zero-order chi connectivity index (χ0) is 15.9. The molecule has 0 fully saturated rings. The van der Waals surface area contributed by atoms with Crippen molar-refractivity contribution in [2.24, 2.45) is 0 Å². The van der Waals surface area contributed by atoms with E-state index in [1.807, 2.05) is 0 Å². The predicted octanol–water partition coefficient (Wildman–Crippen LogP) is 1.75. The second-order valence-corrected chi connectivity index (χ2v) is 6.89. The first-order valence-corrected chi connectivity index (χ1v) is 10.0. The number of allylic oxidation sites excluding steroid dienone is 4. The first-order chi connectivity index (χ1) is 10.9. The third-order valence-electron chi connectivity index (χ3n) is 4.72. The average Bonchev–Trinajstić information content (AvgIpc) is 3.22. The van der Waals surface area contributed by atoms with Gasteiger partial charge in [-0.3, -0.25) is 11.1 Å². The fourth-order valence-electron chi connectivity index (χ4n) is 3.27.